The molecule has 0 spiro atoms. The molecule has 12 nitrogen and oxygen atoms in total. The Balaban J connectivity index is 0.0000122. The number of carbonyl (C=O) groups is 5. The molecular weight excluding hydrogens is 546 g/mol. The van der Waals surface area contributed by atoms with Gasteiger partial charge >= 0.3 is 29.8 Å². The van der Waals surface area contributed by atoms with Crippen LogP contribution in [0.4, 0.5) is 0 Å². The summed E-state index contributed by atoms with van der Waals surface area (Å²) < 4.78 is 32.4. The summed E-state index contributed by atoms with van der Waals surface area (Å²) in [4.78, 5) is 59.3. The molecule has 1 fully saturated rings. The Morgan fingerprint density at radius 1 is 0.833 bits per heavy atom. The van der Waals surface area contributed by atoms with E-state index in [4.69, 9.17) is 34.8 Å². The predicted octanol–water partition coefficient (Wildman–Crippen LogP) is 0.680. The summed E-state index contributed by atoms with van der Waals surface area (Å²) in [5.41, 5.74) is 0. The molecule has 5 atom stereocenters. The van der Waals surface area contributed by atoms with E-state index in [1.807, 2.05) is 14.1 Å². The van der Waals surface area contributed by atoms with Gasteiger partial charge in [-0.2, -0.15) is 0 Å². The molecule has 0 aromatic rings. The predicted molar refractivity (Wildman–Crippen MR) is 128 cm³/mol. The quantitative estimate of drug-likeness (QED) is 0.147. The maximum Gasteiger partial charge on any atom is 0.308 e. The molecule has 1 saturated heterocycles. The van der Waals surface area contributed by atoms with E-state index in [1.54, 1.807) is 0 Å². The van der Waals surface area contributed by atoms with Crippen molar-refractivity contribution in [2.45, 2.75) is 71.2 Å². The smallest absolute Gasteiger partial charge is 0.308 e. The van der Waals surface area contributed by atoms with Crippen molar-refractivity contribution in [1.29, 1.82) is 0 Å². The lowest BCUT2D eigenvalue weighted by atomic mass is 9.98. The number of nitrogens with zero attached hydrogens (tertiary/aromatic N) is 1. The number of hydrogen-bond donors (Lipinski definition) is 0. The van der Waals surface area contributed by atoms with E-state index in [9.17, 15) is 24.0 Å². The van der Waals surface area contributed by atoms with E-state index in [1.165, 1.54) is 0 Å². The molecule has 1 rings (SSSR count). The van der Waals surface area contributed by atoms with Gasteiger partial charge < -0.3 is 32.9 Å². The Bertz CT molecular complexity index is 838. The fourth-order valence-electron chi connectivity index (χ4n) is 3.45. The minimum atomic E-state index is -1.53. The second kappa shape index (κ2) is 15.4. The molecule has 36 heavy (non-hydrogen) atoms. The Morgan fingerprint density at radius 2 is 1.36 bits per heavy atom. The van der Waals surface area contributed by atoms with Crippen LogP contribution in [0.2, 0.25) is 0 Å². The molecule has 0 amide bonds. The summed E-state index contributed by atoms with van der Waals surface area (Å²) in [5.74, 6) is -1.08. The summed E-state index contributed by atoms with van der Waals surface area (Å²) >= 11 is 0. The number of esters is 5. The zero-order valence-electron chi connectivity index (χ0n) is 21.3. The van der Waals surface area contributed by atoms with Crippen LogP contribution < -0.4 is 0 Å². The van der Waals surface area contributed by atoms with Crippen LogP contribution >= 0.6 is 17.0 Å². The number of rotatable bonds is 11. The van der Waals surface area contributed by atoms with Gasteiger partial charge in [0.15, 0.2) is 12.2 Å². The van der Waals surface area contributed by atoms with Gasteiger partial charge in [0.2, 0.25) is 12.4 Å². The highest BCUT2D eigenvalue weighted by Gasteiger charge is 2.53. The molecule has 1 heterocycles. The van der Waals surface area contributed by atoms with Gasteiger partial charge in [-0.1, -0.05) is 0 Å². The minimum absolute atomic E-state index is 0. The van der Waals surface area contributed by atoms with Gasteiger partial charge in [-0.05, 0) is 5.92 Å². The molecule has 0 aromatic heterocycles. The van der Waals surface area contributed by atoms with Crippen molar-refractivity contribution in [3.8, 4) is 12.3 Å². The van der Waals surface area contributed by atoms with E-state index in [2.05, 4.69) is 5.92 Å². The Labute approximate surface area is 221 Å². The average molecular weight is 581 g/mol. The van der Waals surface area contributed by atoms with Crippen molar-refractivity contribution in [2.24, 2.45) is 0 Å². The third-order valence-corrected chi connectivity index (χ3v) is 4.86. The molecule has 1 aliphatic rings. The minimum Gasteiger partial charge on any atom is -0.463 e. The van der Waals surface area contributed by atoms with Gasteiger partial charge in [-0.3, -0.25) is 24.0 Å². The standard InChI is InChI=1S/C23H34NO11.BrH/c1-8-11-24(6,7)12-9-10-19(29)35-23-22(33-17(5)28)21(32-16(4)27)20(31-15(3)26)18(34-23)13-30-14(2)25;/h1,18,20-23H,9-13H2,2-7H3;1H/q+1;/t18-,20-,21+,22-,23?;/m1./s1. The summed E-state index contributed by atoms with van der Waals surface area (Å²) in [5, 5.41) is 0. The normalized spacial score (nSPS) is 23.2. The molecule has 13 heteroatoms. The van der Waals surface area contributed by atoms with Crippen LogP contribution in [0.1, 0.15) is 40.5 Å². The number of halogens is 1. The largest absolute Gasteiger partial charge is 0.463 e. The van der Waals surface area contributed by atoms with Crippen molar-refractivity contribution in [3.05, 3.63) is 0 Å². The topological polar surface area (TPSA) is 141 Å². The highest BCUT2D eigenvalue weighted by molar-refractivity contribution is 8.93. The highest BCUT2D eigenvalue weighted by Crippen LogP contribution is 2.30. The van der Waals surface area contributed by atoms with Gasteiger partial charge in [0, 0.05) is 34.1 Å². The van der Waals surface area contributed by atoms with Crippen molar-refractivity contribution in [1.82, 2.24) is 0 Å². The van der Waals surface area contributed by atoms with Gasteiger partial charge in [-0.25, -0.2) is 0 Å². The van der Waals surface area contributed by atoms with Gasteiger partial charge in [0.25, 0.3) is 0 Å². The van der Waals surface area contributed by atoms with Crippen LogP contribution in [-0.2, 0) is 52.4 Å². The summed E-state index contributed by atoms with van der Waals surface area (Å²) in [7, 11) is 3.84. The van der Waals surface area contributed by atoms with Gasteiger partial charge in [-0.15, -0.1) is 23.4 Å². The van der Waals surface area contributed by atoms with Crippen LogP contribution in [0.15, 0.2) is 0 Å². The molecule has 1 unspecified atom stereocenters. The van der Waals surface area contributed by atoms with Crippen LogP contribution in [-0.4, -0.2) is 98.8 Å². The zero-order chi connectivity index (χ0) is 26.8. The molecule has 0 aliphatic carbocycles. The van der Waals surface area contributed by atoms with Crippen LogP contribution in [0.25, 0.3) is 0 Å². The number of quaternary nitrogens is 1. The number of terminal acetylenes is 1. The van der Waals surface area contributed by atoms with Crippen molar-refractivity contribution in [2.75, 3.05) is 33.8 Å². The molecule has 0 radical (unpaired) electrons. The lowest BCUT2D eigenvalue weighted by molar-refractivity contribution is -0.883. The van der Waals surface area contributed by atoms with Crippen LogP contribution in [0.3, 0.4) is 0 Å². The summed E-state index contributed by atoms with van der Waals surface area (Å²) in [6.07, 6.45) is -1.10. The van der Waals surface area contributed by atoms with E-state index in [-0.39, 0.29) is 23.4 Å². The Kier molecular flexibility index (Phi) is 14.3. The van der Waals surface area contributed by atoms with Crippen LogP contribution in [0.5, 0.6) is 0 Å². The first-order valence-corrected chi connectivity index (χ1v) is 11.0. The first kappa shape index (κ1) is 33.3. The van der Waals surface area contributed by atoms with Gasteiger partial charge in [0.05, 0.1) is 27.1 Å². The molecule has 0 saturated carbocycles. The molecule has 1 aliphatic heterocycles. The van der Waals surface area contributed by atoms with Crippen molar-refractivity contribution in [3.63, 3.8) is 0 Å². The monoisotopic (exact) mass is 580 g/mol. The molecular formula is C23H35BrNO11+. The molecule has 0 N–H and O–H groups in total. The third kappa shape index (κ3) is 11.8. The Morgan fingerprint density at radius 3 is 1.86 bits per heavy atom. The fraction of sp³-hybridized carbons (Fsp3) is 0.696. The van der Waals surface area contributed by atoms with E-state index < -0.39 is 67.2 Å². The van der Waals surface area contributed by atoms with E-state index in [0.29, 0.717) is 24.0 Å². The second-order valence-electron chi connectivity index (χ2n) is 8.68. The summed E-state index contributed by atoms with van der Waals surface area (Å²) in [6.45, 7) is 5.13. The number of hydrogen-bond acceptors (Lipinski definition) is 11. The van der Waals surface area contributed by atoms with Crippen molar-refractivity contribution >= 4 is 46.8 Å². The maximum absolute atomic E-state index is 12.6. The summed E-state index contributed by atoms with van der Waals surface area (Å²) in [6, 6.07) is 0. The lowest BCUT2D eigenvalue weighted by Gasteiger charge is -2.43. The number of ether oxygens (including phenoxy) is 6. The second-order valence-corrected chi connectivity index (χ2v) is 8.68. The van der Waals surface area contributed by atoms with Crippen molar-refractivity contribution < 1.29 is 56.9 Å². The highest BCUT2D eigenvalue weighted by atomic mass is 79.9. The molecule has 204 valence electrons. The maximum atomic E-state index is 12.6. The molecule has 0 aromatic carbocycles. The zero-order valence-corrected chi connectivity index (χ0v) is 23.1. The Hall–Kier alpha value is -2.69. The molecule has 0 bridgehead atoms. The van der Waals surface area contributed by atoms with E-state index in [0.717, 1.165) is 27.7 Å². The first-order chi connectivity index (χ1) is 16.3. The number of carbonyl (C=O) groups excluding carboxylic acids is 5. The third-order valence-electron chi connectivity index (χ3n) is 4.86. The SMILES string of the molecule is Br.C#CC[N+](C)(C)CCCC(=O)OC1O[C@H](COC(C)=O)[C@@H](OC(C)=O)[C@H](OC(C)=O)[C@H]1OC(C)=O. The fourth-order valence-corrected chi connectivity index (χ4v) is 3.45. The van der Waals surface area contributed by atoms with Crippen LogP contribution in [0, 0.1) is 12.3 Å². The van der Waals surface area contributed by atoms with E-state index >= 15 is 0 Å². The first-order valence-electron chi connectivity index (χ1n) is 11.0. The average Bonchev–Trinajstić information content (AvgIpc) is 2.69. The van der Waals surface area contributed by atoms with Gasteiger partial charge in [0.1, 0.15) is 19.3 Å². The lowest BCUT2D eigenvalue weighted by Crippen LogP contribution is -2.63.